The molecule has 0 saturated carbocycles. The van der Waals surface area contributed by atoms with E-state index in [2.05, 4.69) is 10.4 Å². The molecule has 0 aliphatic carbocycles. The summed E-state index contributed by atoms with van der Waals surface area (Å²) in [5.41, 5.74) is 5.62. The largest absolute Gasteiger partial charge is 0.381 e. The van der Waals surface area contributed by atoms with Gasteiger partial charge in [-0.1, -0.05) is 6.92 Å². The SMILES string of the molecule is CCN(CC(=O)NC)S(=O)(=O)c1cn(CC)nc1N. The molecule has 3 N–H and O–H groups in total. The van der Waals surface area contributed by atoms with Crippen LogP contribution in [0, 0.1) is 0 Å². The van der Waals surface area contributed by atoms with Crippen LogP contribution in [0.1, 0.15) is 13.8 Å². The second-order valence-corrected chi connectivity index (χ2v) is 5.75. The van der Waals surface area contributed by atoms with Crippen LogP contribution in [0.25, 0.3) is 0 Å². The van der Waals surface area contributed by atoms with Crippen molar-refractivity contribution in [2.75, 3.05) is 25.9 Å². The van der Waals surface area contributed by atoms with Crippen molar-refractivity contribution in [1.82, 2.24) is 19.4 Å². The Morgan fingerprint density at radius 1 is 1.53 bits per heavy atom. The molecule has 8 nitrogen and oxygen atoms in total. The summed E-state index contributed by atoms with van der Waals surface area (Å²) in [7, 11) is -2.36. The van der Waals surface area contributed by atoms with Gasteiger partial charge in [-0.15, -0.1) is 0 Å². The zero-order valence-electron chi connectivity index (χ0n) is 11.3. The summed E-state index contributed by atoms with van der Waals surface area (Å²) in [6, 6.07) is 0. The lowest BCUT2D eigenvalue weighted by Gasteiger charge is -2.18. The van der Waals surface area contributed by atoms with Crippen LogP contribution in [0.4, 0.5) is 5.82 Å². The van der Waals surface area contributed by atoms with Gasteiger partial charge >= 0.3 is 0 Å². The number of aromatic nitrogens is 2. The van der Waals surface area contributed by atoms with Crippen LogP contribution in [0.3, 0.4) is 0 Å². The Labute approximate surface area is 112 Å². The van der Waals surface area contributed by atoms with E-state index in [4.69, 9.17) is 5.73 Å². The molecule has 108 valence electrons. The van der Waals surface area contributed by atoms with Crippen LogP contribution in [-0.4, -0.2) is 48.5 Å². The van der Waals surface area contributed by atoms with E-state index in [1.165, 1.54) is 17.9 Å². The molecule has 1 rings (SSSR count). The molecule has 0 aromatic carbocycles. The van der Waals surface area contributed by atoms with E-state index in [-0.39, 0.29) is 29.7 Å². The van der Waals surface area contributed by atoms with Gasteiger partial charge in [0.15, 0.2) is 5.82 Å². The Morgan fingerprint density at radius 2 is 2.16 bits per heavy atom. The molecule has 0 radical (unpaired) electrons. The molecular weight excluding hydrogens is 270 g/mol. The molecule has 0 fully saturated rings. The number of aryl methyl sites for hydroxylation is 1. The quantitative estimate of drug-likeness (QED) is 0.715. The highest BCUT2D eigenvalue weighted by Gasteiger charge is 2.29. The van der Waals surface area contributed by atoms with Gasteiger partial charge in [0.25, 0.3) is 0 Å². The summed E-state index contributed by atoms with van der Waals surface area (Å²) in [6.07, 6.45) is 1.37. The van der Waals surface area contributed by atoms with Gasteiger partial charge in [0, 0.05) is 26.3 Å². The molecule has 0 aliphatic heterocycles. The molecule has 0 atom stereocenters. The molecule has 0 bridgehead atoms. The van der Waals surface area contributed by atoms with E-state index in [9.17, 15) is 13.2 Å². The summed E-state index contributed by atoms with van der Waals surface area (Å²) in [6.45, 7) is 3.92. The zero-order chi connectivity index (χ0) is 14.6. The van der Waals surface area contributed by atoms with Crippen molar-refractivity contribution in [3.8, 4) is 0 Å². The predicted octanol–water partition coefficient (Wildman–Crippen LogP) is -0.758. The number of sulfonamides is 1. The van der Waals surface area contributed by atoms with Crippen molar-refractivity contribution in [1.29, 1.82) is 0 Å². The molecule has 0 aliphatic rings. The standard InChI is InChI=1S/C10H19N5O3S/c1-4-14-6-8(10(11)13-14)19(17,18)15(5-2)7-9(16)12-3/h6H,4-5,7H2,1-3H3,(H2,11,13)(H,12,16). The minimum Gasteiger partial charge on any atom is -0.381 e. The maximum absolute atomic E-state index is 12.4. The van der Waals surface area contributed by atoms with Gasteiger partial charge in [-0.25, -0.2) is 8.42 Å². The average molecular weight is 289 g/mol. The number of amides is 1. The monoisotopic (exact) mass is 289 g/mol. The molecule has 1 heterocycles. The fourth-order valence-electron chi connectivity index (χ4n) is 1.52. The fraction of sp³-hybridized carbons (Fsp3) is 0.600. The van der Waals surface area contributed by atoms with E-state index in [0.717, 1.165) is 4.31 Å². The van der Waals surface area contributed by atoms with Crippen molar-refractivity contribution < 1.29 is 13.2 Å². The van der Waals surface area contributed by atoms with Crippen molar-refractivity contribution in [2.24, 2.45) is 0 Å². The molecule has 0 spiro atoms. The molecular formula is C10H19N5O3S. The number of nitrogens with one attached hydrogen (secondary N) is 1. The highest BCUT2D eigenvalue weighted by atomic mass is 32.2. The van der Waals surface area contributed by atoms with E-state index in [1.807, 2.05) is 6.92 Å². The van der Waals surface area contributed by atoms with E-state index in [1.54, 1.807) is 6.92 Å². The zero-order valence-corrected chi connectivity index (χ0v) is 12.1. The third kappa shape index (κ3) is 3.24. The van der Waals surface area contributed by atoms with E-state index in [0.29, 0.717) is 6.54 Å². The number of hydrogen-bond donors (Lipinski definition) is 2. The van der Waals surface area contributed by atoms with Gasteiger partial charge in [0.1, 0.15) is 4.90 Å². The van der Waals surface area contributed by atoms with Gasteiger partial charge in [-0.2, -0.15) is 9.40 Å². The second-order valence-electron chi connectivity index (χ2n) is 3.84. The van der Waals surface area contributed by atoms with Gasteiger partial charge < -0.3 is 11.1 Å². The number of rotatable bonds is 6. The molecule has 1 aromatic heterocycles. The summed E-state index contributed by atoms with van der Waals surface area (Å²) in [5, 5.41) is 6.29. The minimum atomic E-state index is -3.81. The fourth-order valence-corrected chi connectivity index (χ4v) is 2.99. The Bertz CT molecular complexity index is 552. The van der Waals surface area contributed by atoms with E-state index < -0.39 is 10.0 Å². The van der Waals surface area contributed by atoms with Crippen molar-refractivity contribution in [3.63, 3.8) is 0 Å². The molecule has 19 heavy (non-hydrogen) atoms. The summed E-state index contributed by atoms with van der Waals surface area (Å²) >= 11 is 0. The van der Waals surface area contributed by atoms with Crippen LogP contribution >= 0.6 is 0 Å². The first kappa shape index (κ1) is 15.4. The third-order valence-electron chi connectivity index (χ3n) is 2.65. The number of carbonyl (C=O) groups is 1. The van der Waals surface area contributed by atoms with Crippen molar-refractivity contribution in [3.05, 3.63) is 6.20 Å². The van der Waals surface area contributed by atoms with Gasteiger partial charge in [-0.05, 0) is 6.92 Å². The summed E-state index contributed by atoms with van der Waals surface area (Å²) < 4.78 is 27.3. The lowest BCUT2D eigenvalue weighted by molar-refractivity contribution is -0.120. The lowest BCUT2D eigenvalue weighted by atomic mass is 10.5. The van der Waals surface area contributed by atoms with Crippen molar-refractivity contribution >= 4 is 21.7 Å². The summed E-state index contributed by atoms with van der Waals surface area (Å²) in [4.78, 5) is 11.3. The smallest absolute Gasteiger partial charge is 0.248 e. The number of likely N-dealkylation sites (N-methyl/N-ethyl adjacent to an activating group) is 2. The molecule has 9 heteroatoms. The number of nitrogen functional groups attached to an aromatic ring is 1. The number of nitrogens with zero attached hydrogens (tertiary/aromatic N) is 3. The van der Waals surface area contributed by atoms with Gasteiger partial charge in [0.2, 0.25) is 15.9 Å². The minimum absolute atomic E-state index is 0.0581. The van der Waals surface area contributed by atoms with Crippen LogP contribution < -0.4 is 11.1 Å². The Kier molecular flexibility index (Phi) is 4.90. The number of nitrogens with two attached hydrogens (primary N) is 1. The maximum Gasteiger partial charge on any atom is 0.248 e. The van der Waals surface area contributed by atoms with Crippen LogP contribution in [0.15, 0.2) is 11.1 Å². The maximum atomic E-state index is 12.4. The van der Waals surface area contributed by atoms with E-state index >= 15 is 0 Å². The molecule has 1 aromatic rings. The second kappa shape index (κ2) is 6.02. The molecule has 0 unspecified atom stereocenters. The predicted molar refractivity (Wildman–Crippen MR) is 70.8 cm³/mol. The Hall–Kier alpha value is -1.61. The molecule has 0 saturated heterocycles. The summed E-state index contributed by atoms with van der Waals surface area (Å²) in [5.74, 6) is -0.441. The third-order valence-corrected chi connectivity index (χ3v) is 4.59. The molecule has 1 amide bonds. The first-order chi connectivity index (χ1) is 8.86. The van der Waals surface area contributed by atoms with Gasteiger partial charge in [0.05, 0.1) is 6.54 Å². The van der Waals surface area contributed by atoms with Gasteiger partial charge in [-0.3, -0.25) is 9.48 Å². The average Bonchev–Trinajstić information content (AvgIpc) is 2.77. The normalized spacial score (nSPS) is 11.8. The van der Waals surface area contributed by atoms with Crippen LogP contribution in [0.2, 0.25) is 0 Å². The topological polar surface area (TPSA) is 110 Å². The Morgan fingerprint density at radius 3 is 2.58 bits per heavy atom. The Balaban J connectivity index is 3.12. The van der Waals surface area contributed by atoms with Crippen molar-refractivity contribution in [2.45, 2.75) is 25.3 Å². The van der Waals surface area contributed by atoms with Crippen LogP contribution in [0.5, 0.6) is 0 Å². The first-order valence-electron chi connectivity index (χ1n) is 5.90. The number of hydrogen-bond acceptors (Lipinski definition) is 5. The first-order valence-corrected chi connectivity index (χ1v) is 7.34. The van der Waals surface area contributed by atoms with Crippen LogP contribution in [-0.2, 0) is 21.4 Å². The highest BCUT2D eigenvalue weighted by Crippen LogP contribution is 2.20. The highest BCUT2D eigenvalue weighted by molar-refractivity contribution is 7.89. The number of anilines is 1. The lowest BCUT2D eigenvalue weighted by Crippen LogP contribution is -2.39. The number of carbonyl (C=O) groups excluding carboxylic acids is 1.